The molecule has 0 radical (unpaired) electrons. The summed E-state index contributed by atoms with van der Waals surface area (Å²) in [6.07, 6.45) is 0. The van der Waals surface area contributed by atoms with Crippen molar-refractivity contribution in [2.45, 2.75) is 0 Å². The van der Waals surface area contributed by atoms with E-state index in [9.17, 15) is 4.79 Å². The first-order valence-corrected chi connectivity index (χ1v) is 2.09. The van der Waals surface area contributed by atoms with Gasteiger partial charge in [0.2, 0.25) is 0 Å². The van der Waals surface area contributed by atoms with Crippen LogP contribution in [0.25, 0.3) is 0 Å². The van der Waals surface area contributed by atoms with Gasteiger partial charge in [-0.1, -0.05) is 0 Å². The van der Waals surface area contributed by atoms with Gasteiger partial charge < -0.3 is 9.66 Å². The lowest BCUT2D eigenvalue weighted by Crippen LogP contribution is -1.84. The summed E-state index contributed by atoms with van der Waals surface area (Å²) in [6, 6.07) is 0. The molecule has 4 heteroatoms. The minimum Gasteiger partial charge on any atom is -0.472 e. The van der Waals surface area contributed by atoms with E-state index >= 15 is 0 Å². The summed E-state index contributed by atoms with van der Waals surface area (Å²) in [7, 11) is 0. The van der Waals surface area contributed by atoms with E-state index in [0.29, 0.717) is 0 Å². The van der Waals surface area contributed by atoms with E-state index in [1.54, 1.807) is 5.92 Å². The average molecular weight is 118 g/mol. The van der Waals surface area contributed by atoms with Crippen LogP contribution in [-0.4, -0.2) is 15.6 Å². The van der Waals surface area contributed by atoms with Crippen LogP contribution in [-0.2, 0) is 4.79 Å². The maximum absolute atomic E-state index is 9.46. The fourth-order valence-corrected chi connectivity index (χ4v) is 0.199. The van der Waals surface area contributed by atoms with Gasteiger partial charge in [-0.2, -0.15) is 0 Å². The van der Waals surface area contributed by atoms with Crippen LogP contribution in [0.2, 0.25) is 0 Å². The minimum absolute atomic E-state index is 0.188. The molecule has 0 aromatic carbocycles. The van der Waals surface area contributed by atoms with Crippen LogP contribution >= 0.6 is 12.0 Å². The summed E-state index contributed by atoms with van der Waals surface area (Å²) in [4.78, 5) is 9.46. The second kappa shape index (κ2) is 3.53. The van der Waals surface area contributed by atoms with Crippen LogP contribution in [0.1, 0.15) is 0 Å². The molecule has 0 rings (SSSR count). The molecular formula is C3H2O3S. The van der Waals surface area contributed by atoms with Gasteiger partial charge in [0.25, 0.3) is 0 Å². The number of hydrogen-bond donors (Lipinski definition) is 2. The standard InChI is InChI=1S/C3H2O3S/c4-3(5)1-2-7-6/h6H,(H,4,5). The van der Waals surface area contributed by atoms with E-state index in [1.165, 1.54) is 0 Å². The Hall–Kier alpha value is -0.660. The molecule has 0 amide bonds. The third-order valence-electron chi connectivity index (χ3n) is 0.204. The molecule has 0 aromatic rings. The Morgan fingerprint density at radius 3 is 2.43 bits per heavy atom. The zero-order valence-electron chi connectivity index (χ0n) is 3.21. The summed E-state index contributed by atoms with van der Waals surface area (Å²) in [6.45, 7) is 0. The second-order valence-corrected chi connectivity index (χ2v) is 1.01. The lowest BCUT2D eigenvalue weighted by Gasteiger charge is -1.66. The molecule has 0 saturated carbocycles. The predicted molar refractivity (Wildman–Crippen MR) is 25.6 cm³/mol. The van der Waals surface area contributed by atoms with E-state index in [0.717, 1.165) is 0 Å². The maximum Gasteiger partial charge on any atom is 0.382 e. The Bertz CT molecular complexity index is 120. The molecule has 0 saturated heterocycles. The monoisotopic (exact) mass is 118 g/mol. The van der Waals surface area contributed by atoms with Gasteiger partial charge in [0.15, 0.2) is 0 Å². The van der Waals surface area contributed by atoms with Crippen LogP contribution in [0.4, 0.5) is 0 Å². The lowest BCUT2D eigenvalue weighted by molar-refractivity contribution is -0.130. The van der Waals surface area contributed by atoms with Gasteiger partial charge >= 0.3 is 5.97 Å². The molecule has 0 aliphatic carbocycles. The molecule has 0 atom stereocenters. The predicted octanol–water partition coefficient (Wildman–Crippen LogP) is 0.238. The fourth-order valence-electron chi connectivity index (χ4n) is 0.0665. The molecule has 3 nitrogen and oxygen atoms in total. The van der Waals surface area contributed by atoms with Crippen LogP contribution < -0.4 is 0 Å². The molecule has 0 unspecified atom stereocenters. The van der Waals surface area contributed by atoms with Crippen molar-refractivity contribution >= 4 is 18.0 Å². The molecule has 7 heavy (non-hydrogen) atoms. The van der Waals surface area contributed by atoms with Crippen LogP contribution in [0.15, 0.2) is 0 Å². The van der Waals surface area contributed by atoms with Crippen LogP contribution in [0, 0.1) is 11.2 Å². The van der Waals surface area contributed by atoms with Gasteiger partial charge in [0.05, 0.1) is 12.0 Å². The maximum atomic E-state index is 9.46. The largest absolute Gasteiger partial charge is 0.472 e. The lowest BCUT2D eigenvalue weighted by atomic mass is 10.7. The highest BCUT2D eigenvalue weighted by atomic mass is 32.2. The summed E-state index contributed by atoms with van der Waals surface area (Å²) < 4.78 is 7.79. The van der Waals surface area contributed by atoms with Crippen molar-refractivity contribution in [1.29, 1.82) is 0 Å². The van der Waals surface area contributed by atoms with Crippen molar-refractivity contribution in [3.63, 3.8) is 0 Å². The average Bonchev–Trinajstić information content (AvgIpc) is 1.61. The minimum atomic E-state index is -1.23. The Morgan fingerprint density at radius 1 is 1.71 bits per heavy atom. The van der Waals surface area contributed by atoms with E-state index < -0.39 is 5.97 Å². The van der Waals surface area contributed by atoms with E-state index in [4.69, 9.17) is 9.66 Å². The summed E-state index contributed by atoms with van der Waals surface area (Å²) in [5, 5.41) is 9.62. The van der Waals surface area contributed by atoms with E-state index in [2.05, 4.69) is 0 Å². The number of carboxylic acid groups (broad SMARTS) is 1. The zero-order valence-corrected chi connectivity index (χ0v) is 4.03. The normalized spacial score (nSPS) is 6.43. The van der Waals surface area contributed by atoms with Gasteiger partial charge in [0.1, 0.15) is 0 Å². The summed E-state index contributed by atoms with van der Waals surface area (Å²) in [5.41, 5.74) is 0. The molecule has 0 spiro atoms. The first-order chi connectivity index (χ1) is 3.27. The van der Waals surface area contributed by atoms with Crippen LogP contribution in [0.3, 0.4) is 0 Å². The molecule has 0 aliphatic rings. The fraction of sp³-hybridized carbons (Fsp3) is 0. The highest BCUT2D eigenvalue weighted by molar-refractivity contribution is 7.98. The smallest absolute Gasteiger partial charge is 0.382 e. The molecule has 0 aliphatic heterocycles. The highest BCUT2D eigenvalue weighted by Crippen LogP contribution is 1.80. The molecule has 0 heterocycles. The Balaban J connectivity index is 3.45. The third kappa shape index (κ3) is 5.34. The molecule has 38 valence electrons. The number of aliphatic carboxylic acids is 1. The molecule has 0 fully saturated rings. The highest BCUT2D eigenvalue weighted by Gasteiger charge is 1.79. The van der Waals surface area contributed by atoms with Crippen molar-refractivity contribution in [3.05, 3.63) is 0 Å². The topological polar surface area (TPSA) is 57.5 Å². The van der Waals surface area contributed by atoms with Crippen molar-refractivity contribution < 1.29 is 14.5 Å². The SMILES string of the molecule is O=C(O)C#CSO. The number of rotatable bonds is 0. The molecular weight excluding hydrogens is 116 g/mol. The third-order valence-corrected chi connectivity index (χ3v) is 0.397. The van der Waals surface area contributed by atoms with E-state index in [-0.39, 0.29) is 12.0 Å². The van der Waals surface area contributed by atoms with Crippen molar-refractivity contribution in [2.24, 2.45) is 0 Å². The van der Waals surface area contributed by atoms with Crippen molar-refractivity contribution in [3.8, 4) is 11.2 Å². The Morgan fingerprint density at radius 2 is 2.29 bits per heavy atom. The van der Waals surface area contributed by atoms with E-state index in [1.807, 2.05) is 5.25 Å². The first-order valence-electron chi connectivity index (χ1n) is 1.31. The first kappa shape index (κ1) is 6.34. The van der Waals surface area contributed by atoms with Gasteiger partial charge in [-0.05, 0) is 0 Å². The van der Waals surface area contributed by atoms with Crippen molar-refractivity contribution in [2.75, 3.05) is 0 Å². The Labute approximate surface area is 44.6 Å². The van der Waals surface area contributed by atoms with Gasteiger partial charge in [0, 0.05) is 11.2 Å². The van der Waals surface area contributed by atoms with Gasteiger partial charge in [-0.15, -0.1) is 0 Å². The quantitative estimate of drug-likeness (QED) is 0.353. The summed E-state index contributed by atoms with van der Waals surface area (Å²) in [5.74, 6) is 0.440. The summed E-state index contributed by atoms with van der Waals surface area (Å²) >= 11 is 0.188. The number of carboxylic acids is 1. The Kier molecular flexibility index (Phi) is 3.19. The number of hydrogen-bond acceptors (Lipinski definition) is 3. The molecule has 0 bridgehead atoms. The number of carbonyl (C=O) groups is 1. The van der Waals surface area contributed by atoms with Gasteiger partial charge in [-0.3, -0.25) is 0 Å². The van der Waals surface area contributed by atoms with Crippen LogP contribution in [0.5, 0.6) is 0 Å². The molecule has 2 N–H and O–H groups in total. The zero-order chi connectivity index (χ0) is 5.70. The molecule has 0 aromatic heterocycles. The van der Waals surface area contributed by atoms with Crippen molar-refractivity contribution in [1.82, 2.24) is 0 Å². The second-order valence-electron chi connectivity index (χ2n) is 0.624. The van der Waals surface area contributed by atoms with Gasteiger partial charge in [-0.25, -0.2) is 4.79 Å².